The largest absolute Gasteiger partial charge is 0.494 e. The van der Waals surface area contributed by atoms with Crippen LogP contribution in [0.15, 0.2) is 53.6 Å². The summed E-state index contributed by atoms with van der Waals surface area (Å²) in [5.41, 5.74) is 2.03. The van der Waals surface area contributed by atoms with Gasteiger partial charge in [0.05, 0.1) is 12.0 Å². The van der Waals surface area contributed by atoms with E-state index in [1.807, 2.05) is 30.5 Å². The van der Waals surface area contributed by atoms with E-state index in [0.29, 0.717) is 6.42 Å². The van der Waals surface area contributed by atoms with E-state index >= 15 is 0 Å². The van der Waals surface area contributed by atoms with Gasteiger partial charge in [-0.1, -0.05) is 18.2 Å². The van der Waals surface area contributed by atoms with Gasteiger partial charge in [-0.2, -0.15) is 0 Å². The zero-order chi connectivity index (χ0) is 17.2. The fraction of sp³-hybridized carbons (Fsp3) is 0.176. The van der Waals surface area contributed by atoms with Crippen molar-refractivity contribution in [3.05, 3.63) is 60.0 Å². The smallest absolute Gasteiger partial charge is 0.240 e. The van der Waals surface area contributed by atoms with Crippen molar-refractivity contribution in [1.82, 2.24) is 9.71 Å². The number of ether oxygens (including phenoxy) is 1. The summed E-state index contributed by atoms with van der Waals surface area (Å²) >= 11 is 0. The molecule has 0 spiro atoms. The fourth-order valence-corrected chi connectivity index (χ4v) is 3.60. The summed E-state index contributed by atoms with van der Waals surface area (Å²) in [5.74, 6) is -0.704. The van der Waals surface area contributed by atoms with Crippen molar-refractivity contribution >= 4 is 20.9 Å². The maximum atomic E-state index is 13.7. The number of nitrogens with one attached hydrogen (secondary N) is 2. The van der Waals surface area contributed by atoms with Gasteiger partial charge in [0.15, 0.2) is 11.6 Å². The molecule has 5 nitrogen and oxygen atoms in total. The van der Waals surface area contributed by atoms with Crippen LogP contribution in [0.25, 0.3) is 10.9 Å². The predicted octanol–water partition coefficient (Wildman–Crippen LogP) is 2.84. The van der Waals surface area contributed by atoms with Gasteiger partial charge in [0.1, 0.15) is 0 Å². The minimum Gasteiger partial charge on any atom is -0.494 e. The SMILES string of the molecule is COc1ccc(S(=O)(=O)NCCc2c[nH]c3ccccc23)cc1F. The van der Waals surface area contributed by atoms with Crippen LogP contribution < -0.4 is 9.46 Å². The predicted molar refractivity (Wildman–Crippen MR) is 90.1 cm³/mol. The molecular formula is C17H17FN2O3S. The van der Waals surface area contributed by atoms with Gasteiger partial charge in [-0.25, -0.2) is 17.5 Å². The van der Waals surface area contributed by atoms with Gasteiger partial charge in [-0.15, -0.1) is 0 Å². The van der Waals surface area contributed by atoms with Crippen LogP contribution in [-0.4, -0.2) is 27.1 Å². The molecule has 0 saturated heterocycles. The van der Waals surface area contributed by atoms with Gasteiger partial charge in [-0.05, 0) is 36.2 Å². The van der Waals surface area contributed by atoms with Crippen molar-refractivity contribution in [1.29, 1.82) is 0 Å². The highest BCUT2D eigenvalue weighted by atomic mass is 32.2. The first-order valence-corrected chi connectivity index (χ1v) is 8.88. The van der Waals surface area contributed by atoms with E-state index in [1.165, 1.54) is 19.2 Å². The average molecular weight is 348 g/mol. The Balaban J connectivity index is 1.70. The van der Waals surface area contributed by atoms with E-state index in [4.69, 9.17) is 4.74 Å². The highest BCUT2D eigenvalue weighted by Crippen LogP contribution is 2.21. The lowest BCUT2D eigenvalue weighted by Gasteiger charge is -2.08. The van der Waals surface area contributed by atoms with Gasteiger partial charge in [0, 0.05) is 23.6 Å². The summed E-state index contributed by atoms with van der Waals surface area (Å²) in [6.45, 7) is 0.220. The maximum Gasteiger partial charge on any atom is 0.240 e. The number of rotatable bonds is 6. The summed E-state index contributed by atoms with van der Waals surface area (Å²) in [5, 5.41) is 1.06. The van der Waals surface area contributed by atoms with Crippen molar-refractivity contribution in [3.63, 3.8) is 0 Å². The molecule has 126 valence electrons. The molecule has 0 aliphatic carbocycles. The number of H-pyrrole nitrogens is 1. The lowest BCUT2D eigenvalue weighted by atomic mass is 10.1. The first kappa shape index (κ1) is 16.5. The molecule has 24 heavy (non-hydrogen) atoms. The van der Waals surface area contributed by atoms with Crippen molar-refractivity contribution in [2.45, 2.75) is 11.3 Å². The zero-order valence-corrected chi connectivity index (χ0v) is 13.9. The van der Waals surface area contributed by atoms with Gasteiger partial charge < -0.3 is 9.72 Å². The van der Waals surface area contributed by atoms with E-state index in [-0.39, 0.29) is 17.2 Å². The molecule has 2 aromatic carbocycles. The average Bonchev–Trinajstić information content (AvgIpc) is 2.98. The number of benzene rings is 2. The van der Waals surface area contributed by atoms with E-state index in [2.05, 4.69) is 9.71 Å². The summed E-state index contributed by atoms with van der Waals surface area (Å²) < 4.78 is 45.5. The van der Waals surface area contributed by atoms with Crippen molar-refractivity contribution < 1.29 is 17.5 Å². The molecule has 1 heterocycles. The Morgan fingerprint density at radius 2 is 2.00 bits per heavy atom. The minimum atomic E-state index is -3.77. The Morgan fingerprint density at radius 1 is 1.21 bits per heavy atom. The molecule has 3 rings (SSSR count). The highest BCUT2D eigenvalue weighted by Gasteiger charge is 2.16. The third-order valence-corrected chi connectivity index (χ3v) is 5.25. The number of aromatic amines is 1. The first-order valence-electron chi connectivity index (χ1n) is 7.39. The number of hydrogen-bond acceptors (Lipinski definition) is 3. The molecule has 3 aromatic rings. The van der Waals surface area contributed by atoms with E-state index in [9.17, 15) is 12.8 Å². The van der Waals surface area contributed by atoms with Crippen LogP contribution in [0.1, 0.15) is 5.56 Å². The fourth-order valence-electron chi connectivity index (χ4n) is 2.56. The second kappa shape index (κ2) is 6.62. The molecule has 0 unspecified atom stereocenters. The van der Waals surface area contributed by atoms with Crippen LogP contribution in [0.2, 0.25) is 0 Å². The number of hydrogen-bond donors (Lipinski definition) is 2. The number of para-hydroxylation sites is 1. The molecule has 0 atom stereocenters. The molecular weight excluding hydrogens is 331 g/mol. The van der Waals surface area contributed by atoms with Gasteiger partial charge >= 0.3 is 0 Å². The van der Waals surface area contributed by atoms with Crippen molar-refractivity contribution in [2.24, 2.45) is 0 Å². The summed E-state index contributed by atoms with van der Waals surface area (Å²) in [7, 11) is -2.44. The Kier molecular flexibility index (Phi) is 4.55. The van der Waals surface area contributed by atoms with Crippen molar-refractivity contribution in [2.75, 3.05) is 13.7 Å². The molecule has 7 heteroatoms. The zero-order valence-electron chi connectivity index (χ0n) is 13.0. The lowest BCUT2D eigenvalue weighted by molar-refractivity contribution is 0.385. The number of halogens is 1. The topological polar surface area (TPSA) is 71.2 Å². The molecule has 0 aliphatic rings. The number of fused-ring (bicyclic) bond motifs is 1. The Hall–Kier alpha value is -2.38. The molecule has 0 amide bonds. The molecule has 1 aromatic heterocycles. The van der Waals surface area contributed by atoms with E-state index in [1.54, 1.807) is 0 Å². The molecule has 0 fully saturated rings. The van der Waals surface area contributed by atoms with Crippen LogP contribution in [0, 0.1) is 5.82 Å². The Labute approximate surface area is 139 Å². The molecule has 0 bridgehead atoms. The van der Waals surface area contributed by atoms with Gasteiger partial charge in [0.25, 0.3) is 0 Å². The second-order valence-corrected chi connectivity index (χ2v) is 7.07. The Morgan fingerprint density at radius 3 is 2.75 bits per heavy atom. The van der Waals surface area contributed by atoms with Crippen LogP contribution in [0.5, 0.6) is 5.75 Å². The normalized spacial score (nSPS) is 11.8. The summed E-state index contributed by atoms with van der Waals surface area (Å²) in [6, 6.07) is 11.4. The van der Waals surface area contributed by atoms with Crippen LogP contribution >= 0.6 is 0 Å². The number of aromatic nitrogens is 1. The lowest BCUT2D eigenvalue weighted by Crippen LogP contribution is -2.26. The van der Waals surface area contributed by atoms with Crippen molar-refractivity contribution in [3.8, 4) is 5.75 Å². The standard InChI is InChI=1S/C17H17FN2O3S/c1-23-17-7-6-13(10-15(17)18)24(21,22)20-9-8-12-11-19-16-5-3-2-4-14(12)16/h2-7,10-11,19-20H,8-9H2,1H3. The number of methoxy groups -OCH3 is 1. The summed E-state index contributed by atoms with van der Waals surface area (Å²) in [6.07, 6.45) is 2.40. The van der Waals surface area contributed by atoms with Crippen LogP contribution in [0.4, 0.5) is 4.39 Å². The van der Waals surface area contributed by atoms with Crippen LogP contribution in [-0.2, 0) is 16.4 Å². The highest BCUT2D eigenvalue weighted by molar-refractivity contribution is 7.89. The van der Waals surface area contributed by atoms with Gasteiger partial charge in [0.2, 0.25) is 10.0 Å². The van der Waals surface area contributed by atoms with E-state index < -0.39 is 15.8 Å². The Bertz CT molecular complexity index is 967. The molecule has 0 radical (unpaired) electrons. The third-order valence-electron chi connectivity index (χ3n) is 3.79. The monoisotopic (exact) mass is 348 g/mol. The minimum absolute atomic E-state index is 0.00717. The third kappa shape index (κ3) is 3.27. The molecule has 0 aliphatic heterocycles. The quantitative estimate of drug-likeness (QED) is 0.720. The second-order valence-electron chi connectivity index (χ2n) is 5.30. The van der Waals surface area contributed by atoms with Crippen LogP contribution in [0.3, 0.4) is 0 Å². The molecule has 0 saturated carbocycles. The number of sulfonamides is 1. The molecule has 2 N–H and O–H groups in total. The first-order chi connectivity index (χ1) is 11.5. The van der Waals surface area contributed by atoms with Gasteiger partial charge in [-0.3, -0.25) is 0 Å². The van der Waals surface area contributed by atoms with E-state index in [0.717, 1.165) is 22.5 Å². The maximum absolute atomic E-state index is 13.7. The summed E-state index contributed by atoms with van der Waals surface area (Å²) in [4.78, 5) is 3.02.